The van der Waals surface area contributed by atoms with Crippen LogP contribution in [0.15, 0.2) is 0 Å². The van der Waals surface area contributed by atoms with Gasteiger partial charge in [0, 0.05) is 20.1 Å². The van der Waals surface area contributed by atoms with Gasteiger partial charge < -0.3 is 15.0 Å². The summed E-state index contributed by atoms with van der Waals surface area (Å²) in [5, 5.41) is 2.49. The van der Waals surface area contributed by atoms with E-state index in [1.165, 1.54) is 11.8 Å². The molecule has 2 saturated heterocycles. The molecule has 1 spiro atoms. The van der Waals surface area contributed by atoms with Gasteiger partial charge in [-0.15, -0.1) is 0 Å². The van der Waals surface area contributed by atoms with Gasteiger partial charge in [0.05, 0.1) is 0 Å². The van der Waals surface area contributed by atoms with Gasteiger partial charge in [0.15, 0.2) is 6.10 Å². The largest absolute Gasteiger partial charge is 0.451 e. The predicted molar refractivity (Wildman–Crippen MR) is 91.4 cm³/mol. The molecule has 0 aromatic heterocycles. The number of carbonyl (C=O) groups is 5. The van der Waals surface area contributed by atoms with Crippen molar-refractivity contribution in [2.75, 3.05) is 26.7 Å². The van der Waals surface area contributed by atoms with Crippen molar-refractivity contribution in [3.8, 4) is 0 Å². The van der Waals surface area contributed by atoms with Crippen molar-refractivity contribution >= 4 is 29.8 Å². The summed E-state index contributed by atoms with van der Waals surface area (Å²) in [7, 11) is 1.58. The Morgan fingerprint density at radius 1 is 1.19 bits per heavy atom. The Balaban J connectivity index is 1.62. The van der Waals surface area contributed by atoms with Crippen LogP contribution < -0.4 is 5.32 Å². The number of hydrogen-bond acceptors (Lipinski definition) is 6. The van der Waals surface area contributed by atoms with Crippen LogP contribution in [0.2, 0.25) is 0 Å². The number of esters is 1. The number of rotatable bonds is 4. The van der Waals surface area contributed by atoms with Gasteiger partial charge in [0.1, 0.15) is 12.1 Å². The van der Waals surface area contributed by atoms with E-state index in [0.717, 1.165) is 29.1 Å². The zero-order chi connectivity index (χ0) is 19.8. The second-order valence-corrected chi connectivity index (χ2v) is 7.18. The Kier molecular flexibility index (Phi) is 5.07. The van der Waals surface area contributed by atoms with Crippen LogP contribution in [0.3, 0.4) is 0 Å². The Morgan fingerprint density at radius 3 is 2.44 bits per heavy atom. The van der Waals surface area contributed by atoms with E-state index in [1.54, 1.807) is 7.05 Å². The molecule has 1 N–H and O–H groups in total. The molecule has 0 radical (unpaired) electrons. The van der Waals surface area contributed by atoms with Crippen molar-refractivity contribution in [2.45, 2.75) is 50.7 Å². The average molecular weight is 380 g/mol. The highest BCUT2D eigenvalue weighted by molar-refractivity contribution is 6.08. The Hall–Kier alpha value is -2.65. The third-order valence-corrected chi connectivity index (χ3v) is 5.55. The highest BCUT2D eigenvalue weighted by Gasteiger charge is 2.56. The van der Waals surface area contributed by atoms with E-state index in [-0.39, 0.29) is 12.5 Å². The summed E-state index contributed by atoms with van der Waals surface area (Å²) in [5.41, 5.74) is -0.870. The van der Waals surface area contributed by atoms with E-state index >= 15 is 0 Å². The number of ether oxygens (including phenoxy) is 1. The van der Waals surface area contributed by atoms with E-state index in [4.69, 9.17) is 4.74 Å². The minimum atomic E-state index is -1.18. The summed E-state index contributed by atoms with van der Waals surface area (Å²) in [5.74, 6) is -1.89. The smallest absolute Gasteiger partial charge is 0.327 e. The second-order valence-electron chi connectivity index (χ2n) is 7.18. The standard InChI is InChI=1S/C17H24N4O6/c1-11(13(23)20-9-8-18-15(20)25)27-12(22)10-21-14(24)17(19(2)16(21)26)6-4-3-5-7-17/h11H,3-10H2,1-2H3,(H,18,25)/t11-/m1/s1. The first-order valence-corrected chi connectivity index (χ1v) is 9.16. The van der Waals surface area contributed by atoms with Crippen LogP contribution in [0, 0.1) is 0 Å². The molecule has 10 heteroatoms. The minimum Gasteiger partial charge on any atom is -0.451 e. The SMILES string of the molecule is C[C@@H](OC(=O)CN1C(=O)N(C)C2(CCCCC2)C1=O)C(=O)N1CCNC1=O. The zero-order valence-corrected chi connectivity index (χ0v) is 15.5. The summed E-state index contributed by atoms with van der Waals surface area (Å²) in [4.78, 5) is 64.5. The van der Waals surface area contributed by atoms with E-state index in [9.17, 15) is 24.0 Å². The number of nitrogens with zero attached hydrogens (tertiary/aromatic N) is 3. The van der Waals surface area contributed by atoms with Crippen LogP contribution >= 0.6 is 0 Å². The first-order chi connectivity index (χ1) is 12.8. The van der Waals surface area contributed by atoms with Crippen LogP contribution in [-0.4, -0.2) is 82.9 Å². The van der Waals surface area contributed by atoms with Crippen LogP contribution in [0.5, 0.6) is 0 Å². The fourth-order valence-corrected chi connectivity index (χ4v) is 3.99. The lowest BCUT2D eigenvalue weighted by atomic mass is 9.81. The number of likely N-dealkylation sites (N-methyl/N-ethyl adjacent to an activating group) is 1. The molecule has 0 bridgehead atoms. The molecule has 2 aliphatic heterocycles. The molecule has 3 fully saturated rings. The first kappa shape index (κ1) is 19.1. The van der Waals surface area contributed by atoms with Gasteiger partial charge in [-0.05, 0) is 19.8 Å². The van der Waals surface area contributed by atoms with Gasteiger partial charge in [0.2, 0.25) is 0 Å². The fraction of sp³-hybridized carbons (Fsp3) is 0.706. The number of hydrogen-bond donors (Lipinski definition) is 1. The highest BCUT2D eigenvalue weighted by Crippen LogP contribution is 2.39. The summed E-state index contributed by atoms with van der Waals surface area (Å²) < 4.78 is 5.07. The maximum atomic E-state index is 12.8. The zero-order valence-electron chi connectivity index (χ0n) is 15.5. The van der Waals surface area contributed by atoms with Crippen LogP contribution in [0.4, 0.5) is 9.59 Å². The van der Waals surface area contributed by atoms with Crippen molar-refractivity contribution in [2.24, 2.45) is 0 Å². The third-order valence-electron chi connectivity index (χ3n) is 5.55. The van der Waals surface area contributed by atoms with Crippen molar-refractivity contribution in [3.63, 3.8) is 0 Å². The summed E-state index contributed by atoms with van der Waals surface area (Å²) in [6.45, 7) is 1.36. The molecule has 1 atom stereocenters. The molecule has 6 amide bonds. The van der Waals surface area contributed by atoms with Crippen molar-refractivity contribution in [3.05, 3.63) is 0 Å². The topological polar surface area (TPSA) is 116 Å². The number of carbonyl (C=O) groups excluding carboxylic acids is 5. The molecule has 3 aliphatic rings. The van der Waals surface area contributed by atoms with Crippen LogP contribution in [-0.2, 0) is 19.1 Å². The van der Waals surface area contributed by atoms with Crippen LogP contribution in [0.25, 0.3) is 0 Å². The molecule has 148 valence electrons. The Morgan fingerprint density at radius 2 is 1.85 bits per heavy atom. The molecule has 1 aliphatic carbocycles. The van der Waals surface area contributed by atoms with Crippen molar-refractivity contribution in [1.82, 2.24) is 20.0 Å². The van der Waals surface area contributed by atoms with Gasteiger partial charge in [-0.25, -0.2) is 9.59 Å². The molecular weight excluding hydrogens is 356 g/mol. The molecule has 2 heterocycles. The van der Waals surface area contributed by atoms with E-state index in [1.807, 2.05) is 0 Å². The molecular formula is C17H24N4O6. The molecule has 0 aromatic carbocycles. The van der Waals surface area contributed by atoms with E-state index in [0.29, 0.717) is 19.4 Å². The third kappa shape index (κ3) is 3.24. The number of imide groups is 2. The molecule has 10 nitrogen and oxygen atoms in total. The van der Waals surface area contributed by atoms with Gasteiger partial charge in [-0.1, -0.05) is 19.3 Å². The fourth-order valence-electron chi connectivity index (χ4n) is 3.99. The average Bonchev–Trinajstić information content (AvgIpc) is 3.15. The Bertz CT molecular complexity index is 687. The molecule has 3 rings (SSSR count). The Labute approximate surface area is 156 Å². The van der Waals surface area contributed by atoms with Crippen molar-refractivity contribution < 1.29 is 28.7 Å². The van der Waals surface area contributed by atoms with Crippen LogP contribution in [0.1, 0.15) is 39.0 Å². The van der Waals surface area contributed by atoms with Crippen molar-refractivity contribution in [1.29, 1.82) is 0 Å². The summed E-state index contributed by atoms with van der Waals surface area (Å²) in [6, 6.07) is -1.06. The quantitative estimate of drug-likeness (QED) is 0.545. The van der Waals surface area contributed by atoms with E-state index in [2.05, 4.69) is 5.32 Å². The second kappa shape index (κ2) is 7.16. The summed E-state index contributed by atoms with van der Waals surface area (Å²) in [6.07, 6.45) is 2.70. The number of urea groups is 2. The van der Waals surface area contributed by atoms with Gasteiger partial charge >= 0.3 is 18.0 Å². The lowest BCUT2D eigenvalue weighted by Gasteiger charge is -2.35. The lowest BCUT2D eigenvalue weighted by Crippen LogP contribution is -2.49. The number of amides is 6. The molecule has 1 saturated carbocycles. The molecule has 0 unspecified atom stereocenters. The summed E-state index contributed by atoms with van der Waals surface area (Å²) >= 11 is 0. The first-order valence-electron chi connectivity index (χ1n) is 9.16. The van der Waals surface area contributed by atoms with Gasteiger partial charge in [-0.3, -0.25) is 24.2 Å². The lowest BCUT2D eigenvalue weighted by molar-refractivity contribution is -0.159. The van der Waals surface area contributed by atoms with E-state index < -0.39 is 42.1 Å². The van der Waals surface area contributed by atoms with Gasteiger partial charge in [0.25, 0.3) is 11.8 Å². The highest BCUT2D eigenvalue weighted by atomic mass is 16.5. The maximum absolute atomic E-state index is 12.8. The normalized spacial score (nSPS) is 23.0. The number of nitrogens with one attached hydrogen (secondary N) is 1. The minimum absolute atomic E-state index is 0.204. The maximum Gasteiger partial charge on any atom is 0.327 e. The molecule has 27 heavy (non-hydrogen) atoms. The van der Waals surface area contributed by atoms with Gasteiger partial charge in [-0.2, -0.15) is 0 Å². The predicted octanol–water partition coefficient (Wildman–Crippen LogP) is 0.0668. The monoisotopic (exact) mass is 380 g/mol. The molecule has 0 aromatic rings.